The van der Waals surface area contributed by atoms with E-state index in [0.717, 1.165) is 0 Å². The van der Waals surface area contributed by atoms with Crippen molar-refractivity contribution < 1.29 is 23.4 Å². The van der Waals surface area contributed by atoms with E-state index in [2.05, 4.69) is 4.74 Å². The van der Waals surface area contributed by atoms with Gasteiger partial charge in [0.1, 0.15) is 6.61 Å². The van der Waals surface area contributed by atoms with E-state index in [-0.39, 0.29) is 32.1 Å². The lowest BCUT2D eigenvalue weighted by Crippen LogP contribution is -2.34. The van der Waals surface area contributed by atoms with Crippen LogP contribution in [0.2, 0.25) is 0 Å². The zero-order valence-corrected chi connectivity index (χ0v) is 8.79. The highest BCUT2D eigenvalue weighted by Gasteiger charge is 2.10. The minimum Gasteiger partial charge on any atom is -0.395 e. The van der Waals surface area contributed by atoms with Crippen LogP contribution in [-0.4, -0.2) is 55.2 Å². The molecule has 0 saturated heterocycles. The van der Waals surface area contributed by atoms with Gasteiger partial charge in [-0.15, -0.1) is 0 Å². The molecule has 0 aliphatic heterocycles. The summed E-state index contributed by atoms with van der Waals surface area (Å²) in [5.74, 6) is -0.194. The Bertz CT molecular complexity index is 179. The number of nitrogens with zero attached hydrogens (tertiary/aromatic N) is 1. The predicted octanol–water partition coefficient (Wildman–Crippen LogP) is 0.499. The summed E-state index contributed by atoms with van der Waals surface area (Å²) < 4.78 is 27.9. The third-order valence-corrected chi connectivity index (χ3v) is 1.81. The van der Waals surface area contributed by atoms with Crippen molar-refractivity contribution >= 4 is 5.91 Å². The van der Waals surface area contributed by atoms with Crippen LogP contribution in [0.25, 0.3) is 0 Å². The van der Waals surface area contributed by atoms with Crippen molar-refractivity contribution in [3.8, 4) is 0 Å². The monoisotopic (exact) mass is 225 g/mol. The van der Waals surface area contributed by atoms with Crippen molar-refractivity contribution in [1.82, 2.24) is 4.90 Å². The molecule has 0 aliphatic rings. The summed E-state index contributed by atoms with van der Waals surface area (Å²) in [4.78, 5) is 12.8. The molecule has 0 aromatic carbocycles. The highest BCUT2D eigenvalue weighted by molar-refractivity contribution is 5.76. The zero-order chi connectivity index (χ0) is 11.7. The molecule has 0 spiro atoms. The van der Waals surface area contributed by atoms with E-state index in [1.807, 2.05) is 0 Å². The Balaban J connectivity index is 3.62. The van der Waals surface area contributed by atoms with Gasteiger partial charge in [0, 0.05) is 13.1 Å². The first-order valence-corrected chi connectivity index (χ1v) is 4.86. The molecule has 0 atom stereocenters. The van der Waals surface area contributed by atoms with E-state index < -0.39 is 13.0 Å². The van der Waals surface area contributed by atoms with Gasteiger partial charge in [0.15, 0.2) is 0 Å². The van der Waals surface area contributed by atoms with Crippen LogP contribution < -0.4 is 0 Å². The maximum atomic E-state index is 11.7. The summed E-state index contributed by atoms with van der Waals surface area (Å²) in [6.07, 6.45) is -2.43. The van der Waals surface area contributed by atoms with Crippen molar-refractivity contribution in [3.05, 3.63) is 0 Å². The third-order valence-electron chi connectivity index (χ3n) is 1.81. The molecule has 0 saturated carbocycles. The number of halogens is 2. The number of aliphatic hydroxyl groups is 1. The first kappa shape index (κ1) is 14.2. The Kier molecular flexibility index (Phi) is 8.12. The maximum absolute atomic E-state index is 11.7. The summed E-state index contributed by atoms with van der Waals surface area (Å²) in [7, 11) is 0. The van der Waals surface area contributed by atoms with Crippen LogP contribution in [0.4, 0.5) is 8.78 Å². The van der Waals surface area contributed by atoms with E-state index in [1.165, 1.54) is 4.90 Å². The van der Waals surface area contributed by atoms with Gasteiger partial charge in [-0.05, 0) is 6.92 Å². The lowest BCUT2D eigenvalue weighted by molar-refractivity contribution is -0.133. The van der Waals surface area contributed by atoms with Gasteiger partial charge in [0.05, 0.1) is 19.6 Å². The van der Waals surface area contributed by atoms with Crippen LogP contribution in [0.3, 0.4) is 0 Å². The molecule has 1 N–H and O–H groups in total. The van der Waals surface area contributed by atoms with Crippen LogP contribution in [0, 0.1) is 0 Å². The van der Waals surface area contributed by atoms with Crippen molar-refractivity contribution in [2.24, 2.45) is 0 Å². The SMILES string of the molecule is CCN(CCO)C(=O)CCOCC(F)F. The number of carbonyl (C=O) groups is 1. The molecule has 1 amide bonds. The second kappa shape index (κ2) is 8.55. The fourth-order valence-corrected chi connectivity index (χ4v) is 1.07. The number of ether oxygens (including phenoxy) is 1. The van der Waals surface area contributed by atoms with Crippen molar-refractivity contribution in [1.29, 1.82) is 0 Å². The Morgan fingerprint density at radius 2 is 2.20 bits per heavy atom. The molecule has 0 heterocycles. The molecule has 4 nitrogen and oxygen atoms in total. The smallest absolute Gasteiger partial charge is 0.261 e. The number of alkyl halides is 2. The Hall–Kier alpha value is -0.750. The Morgan fingerprint density at radius 1 is 1.53 bits per heavy atom. The highest BCUT2D eigenvalue weighted by atomic mass is 19.3. The van der Waals surface area contributed by atoms with Gasteiger partial charge in [0.2, 0.25) is 5.91 Å². The molecule has 0 radical (unpaired) electrons. The number of hydrogen-bond donors (Lipinski definition) is 1. The van der Waals surface area contributed by atoms with E-state index in [0.29, 0.717) is 6.54 Å². The zero-order valence-electron chi connectivity index (χ0n) is 8.79. The molecule has 0 unspecified atom stereocenters. The van der Waals surface area contributed by atoms with Gasteiger partial charge in [0.25, 0.3) is 6.43 Å². The lowest BCUT2D eigenvalue weighted by Gasteiger charge is -2.19. The molecule has 0 fully saturated rings. The number of likely N-dealkylation sites (N-methyl/N-ethyl adjacent to an activating group) is 1. The Labute approximate surface area is 87.8 Å². The number of aliphatic hydroxyl groups excluding tert-OH is 1. The topological polar surface area (TPSA) is 49.8 Å². The quantitative estimate of drug-likeness (QED) is 0.612. The van der Waals surface area contributed by atoms with Gasteiger partial charge in [-0.1, -0.05) is 0 Å². The second-order valence-corrected chi connectivity index (χ2v) is 2.91. The van der Waals surface area contributed by atoms with Crippen LogP contribution >= 0.6 is 0 Å². The van der Waals surface area contributed by atoms with Crippen molar-refractivity contribution in [2.45, 2.75) is 19.8 Å². The first-order chi connectivity index (χ1) is 7.11. The molecular formula is C9H17F2NO3. The Morgan fingerprint density at radius 3 is 2.67 bits per heavy atom. The molecule has 0 aliphatic carbocycles. The van der Waals surface area contributed by atoms with Gasteiger partial charge < -0.3 is 14.7 Å². The fraction of sp³-hybridized carbons (Fsp3) is 0.889. The molecule has 90 valence electrons. The van der Waals surface area contributed by atoms with Gasteiger partial charge in [-0.25, -0.2) is 8.78 Å². The molecule has 0 rings (SSSR count). The maximum Gasteiger partial charge on any atom is 0.261 e. The molecule has 0 aromatic heterocycles. The third kappa shape index (κ3) is 7.21. The summed E-state index contributed by atoms with van der Waals surface area (Å²) in [5.41, 5.74) is 0. The predicted molar refractivity (Wildman–Crippen MR) is 50.8 cm³/mol. The molecule has 15 heavy (non-hydrogen) atoms. The average Bonchev–Trinajstić information content (AvgIpc) is 2.20. The number of hydrogen-bond acceptors (Lipinski definition) is 3. The number of rotatable bonds is 8. The minimum atomic E-state index is -2.50. The summed E-state index contributed by atoms with van der Waals surface area (Å²) in [6, 6.07) is 0. The largest absolute Gasteiger partial charge is 0.395 e. The van der Waals surface area contributed by atoms with Crippen LogP contribution in [0.1, 0.15) is 13.3 Å². The minimum absolute atomic E-state index is 0.00883. The second-order valence-electron chi connectivity index (χ2n) is 2.91. The summed E-state index contributed by atoms with van der Waals surface area (Å²) in [5, 5.41) is 8.64. The lowest BCUT2D eigenvalue weighted by atomic mass is 10.3. The van der Waals surface area contributed by atoms with Gasteiger partial charge in [-0.3, -0.25) is 4.79 Å². The molecule has 6 heteroatoms. The standard InChI is InChI=1S/C9H17F2NO3/c1-2-12(4-5-13)9(14)3-6-15-7-8(10)11/h8,13H,2-7H2,1H3. The molecular weight excluding hydrogens is 208 g/mol. The molecule has 0 bridgehead atoms. The van der Waals surface area contributed by atoms with Gasteiger partial charge in [-0.2, -0.15) is 0 Å². The van der Waals surface area contributed by atoms with Gasteiger partial charge >= 0.3 is 0 Å². The number of carbonyl (C=O) groups excluding carboxylic acids is 1. The van der Waals surface area contributed by atoms with Crippen LogP contribution in [0.15, 0.2) is 0 Å². The van der Waals surface area contributed by atoms with E-state index in [1.54, 1.807) is 6.92 Å². The number of amides is 1. The highest BCUT2D eigenvalue weighted by Crippen LogP contribution is 1.97. The van der Waals surface area contributed by atoms with Crippen LogP contribution in [0.5, 0.6) is 0 Å². The van der Waals surface area contributed by atoms with Crippen molar-refractivity contribution in [2.75, 3.05) is 32.9 Å². The van der Waals surface area contributed by atoms with Crippen LogP contribution in [-0.2, 0) is 9.53 Å². The van der Waals surface area contributed by atoms with E-state index in [4.69, 9.17) is 5.11 Å². The summed E-state index contributed by atoms with van der Waals surface area (Å²) in [6.45, 7) is 1.80. The van der Waals surface area contributed by atoms with Crippen molar-refractivity contribution in [3.63, 3.8) is 0 Å². The fourth-order valence-electron chi connectivity index (χ4n) is 1.07. The first-order valence-electron chi connectivity index (χ1n) is 4.86. The normalized spacial score (nSPS) is 10.7. The van der Waals surface area contributed by atoms with E-state index in [9.17, 15) is 13.6 Å². The summed E-state index contributed by atoms with van der Waals surface area (Å²) >= 11 is 0. The average molecular weight is 225 g/mol. The molecule has 0 aromatic rings. The van der Waals surface area contributed by atoms with E-state index >= 15 is 0 Å².